The number of imidazole rings is 1. The highest BCUT2D eigenvalue weighted by Gasteiger charge is 2.23. The van der Waals surface area contributed by atoms with Crippen molar-refractivity contribution in [3.63, 3.8) is 0 Å². The molecule has 10 nitrogen and oxygen atoms in total. The number of hydrogen-bond donors (Lipinski definition) is 3. The van der Waals surface area contributed by atoms with E-state index in [0.29, 0.717) is 22.8 Å². The molecule has 2 amide bonds. The van der Waals surface area contributed by atoms with Crippen molar-refractivity contribution in [3.05, 3.63) is 76.3 Å². The van der Waals surface area contributed by atoms with Gasteiger partial charge in [0.05, 0.1) is 12.5 Å². The van der Waals surface area contributed by atoms with Crippen molar-refractivity contribution in [1.29, 1.82) is 0 Å². The van der Waals surface area contributed by atoms with Crippen LogP contribution in [0.25, 0.3) is 0 Å². The lowest BCUT2D eigenvalue weighted by atomic mass is 10.1. The molecule has 3 N–H and O–H groups in total. The number of ether oxygens (including phenoxy) is 3. The zero-order chi connectivity index (χ0) is 23.0. The van der Waals surface area contributed by atoms with Crippen molar-refractivity contribution in [2.45, 2.75) is 19.1 Å². The highest BCUT2D eigenvalue weighted by atomic mass is 79.9. The minimum Gasteiger partial charge on any atom is -0.454 e. The van der Waals surface area contributed by atoms with Crippen LogP contribution in [-0.2, 0) is 22.6 Å². The maximum Gasteiger partial charge on any atom is 0.408 e. The van der Waals surface area contributed by atoms with E-state index >= 15 is 0 Å². The van der Waals surface area contributed by atoms with Gasteiger partial charge in [0, 0.05) is 28.3 Å². The zero-order valence-electron chi connectivity index (χ0n) is 17.3. The van der Waals surface area contributed by atoms with Crippen LogP contribution in [0.5, 0.6) is 11.5 Å². The summed E-state index contributed by atoms with van der Waals surface area (Å²) in [5.41, 5.74) is 4.63. The van der Waals surface area contributed by atoms with E-state index in [1.807, 2.05) is 30.3 Å². The van der Waals surface area contributed by atoms with Crippen molar-refractivity contribution < 1.29 is 23.8 Å². The summed E-state index contributed by atoms with van der Waals surface area (Å²) in [6.45, 7) is 0.238. The van der Waals surface area contributed by atoms with Crippen molar-refractivity contribution in [2.24, 2.45) is 5.10 Å². The van der Waals surface area contributed by atoms with Crippen molar-refractivity contribution >= 4 is 34.1 Å². The fraction of sp³-hybridized carbons (Fsp3) is 0.182. The number of carbonyl (C=O) groups excluding carboxylic acids is 2. The fourth-order valence-electron chi connectivity index (χ4n) is 3.01. The molecule has 0 aliphatic carbocycles. The number of nitrogens with zero attached hydrogens (tertiary/aromatic N) is 2. The second-order valence-corrected chi connectivity index (χ2v) is 7.86. The first-order valence-electron chi connectivity index (χ1n) is 9.95. The van der Waals surface area contributed by atoms with E-state index in [0.717, 1.165) is 10.0 Å². The van der Waals surface area contributed by atoms with E-state index in [2.05, 4.69) is 41.7 Å². The number of aromatic amines is 1. The number of fused-ring (bicyclic) bond motifs is 1. The summed E-state index contributed by atoms with van der Waals surface area (Å²) in [4.78, 5) is 31.9. The van der Waals surface area contributed by atoms with E-state index in [-0.39, 0.29) is 19.8 Å². The van der Waals surface area contributed by atoms with Gasteiger partial charge in [-0.1, -0.05) is 30.3 Å². The monoisotopic (exact) mass is 513 g/mol. The Bertz CT molecular complexity index is 1140. The molecule has 0 fully saturated rings. The van der Waals surface area contributed by atoms with Crippen LogP contribution < -0.4 is 20.2 Å². The van der Waals surface area contributed by atoms with Gasteiger partial charge in [0.15, 0.2) is 11.5 Å². The first-order valence-corrected chi connectivity index (χ1v) is 10.7. The number of hydrogen-bond acceptors (Lipinski definition) is 7. The molecule has 170 valence electrons. The average Bonchev–Trinajstić information content (AvgIpc) is 3.49. The van der Waals surface area contributed by atoms with Gasteiger partial charge in [-0.3, -0.25) is 4.79 Å². The van der Waals surface area contributed by atoms with E-state index in [4.69, 9.17) is 14.2 Å². The molecule has 1 aliphatic rings. The number of carbonyl (C=O) groups is 2. The normalized spacial score (nSPS) is 13.0. The Hall–Kier alpha value is -3.86. The molecule has 1 atom stereocenters. The van der Waals surface area contributed by atoms with Crippen LogP contribution in [0, 0.1) is 0 Å². The van der Waals surface area contributed by atoms with Gasteiger partial charge < -0.3 is 24.5 Å². The largest absolute Gasteiger partial charge is 0.454 e. The molecule has 11 heteroatoms. The standard InChI is InChI=1S/C22H20BrN5O5/c23-17-8-20-19(32-13-33-20)6-15(17)9-26-28-21(29)18(7-16-10-24-12-25-16)27-22(30)31-11-14-4-2-1-3-5-14/h1-6,8-10,12,18H,7,11,13H2,(H,24,25)(H,27,30)(H,28,29)/b26-9-/t18-/m0/s1. The van der Waals surface area contributed by atoms with Gasteiger partial charge >= 0.3 is 6.09 Å². The summed E-state index contributed by atoms with van der Waals surface area (Å²) in [6.07, 6.45) is 3.99. The average molecular weight is 514 g/mol. The smallest absolute Gasteiger partial charge is 0.408 e. The summed E-state index contributed by atoms with van der Waals surface area (Å²) in [5, 5.41) is 6.59. The fourth-order valence-corrected chi connectivity index (χ4v) is 3.43. The van der Waals surface area contributed by atoms with Crippen LogP contribution in [0.3, 0.4) is 0 Å². The van der Waals surface area contributed by atoms with Crippen LogP contribution in [-0.4, -0.2) is 41.0 Å². The van der Waals surface area contributed by atoms with E-state index in [1.54, 1.807) is 18.3 Å². The maximum atomic E-state index is 12.8. The Kier molecular flexibility index (Phi) is 7.20. The quantitative estimate of drug-likeness (QED) is 0.314. The third-order valence-corrected chi connectivity index (χ3v) is 5.36. The first kappa shape index (κ1) is 22.3. The molecule has 0 radical (unpaired) electrons. The molecule has 0 saturated heterocycles. The summed E-state index contributed by atoms with van der Waals surface area (Å²) in [5.74, 6) is 0.696. The zero-order valence-corrected chi connectivity index (χ0v) is 18.9. The van der Waals surface area contributed by atoms with E-state index in [1.165, 1.54) is 12.5 Å². The third-order valence-electron chi connectivity index (χ3n) is 4.67. The lowest BCUT2D eigenvalue weighted by Crippen LogP contribution is -2.47. The number of nitrogens with one attached hydrogen (secondary N) is 3. The number of alkyl carbamates (subject to hydrolysis) is 1. The van der Waals surface area contributed by atoms with E-state index < -0.39 is 18.0 Å². The van der Waals surface area contributed by atoms with Crippen molar-refractivity contribution in [2.75, 3.05) is 6.79 Å². The predicted octanol–water partition coefficient (Wildman–Crippen LogP) is 2.89. The van der Waals surface area contributed by atoms with Gasteiger partial charge in [-0.05, 0) is 33.6 Å². The maximum absolute atomic E-state index is 12.8. The number of hydrazone groups is 1. The molecular weight excluding hydrogens is 494 g/mol. The summed E-state index contributed by atoms with van der Waals surface area (Å²) >= 11 is 3.43. The van der Waals surface area contributed by atoms with Crippen LogP contribution >= 0.6 is 15.9 Å². The van der Waals surface area contributed by atoms with Crippen LogP contribution in [0.1, 0.15) is 16.8 Å². The lowest BCUT2D eigenvalue weighted by Gasteiger charge is -2.16. The Morgan fingerprint density at radius 1 is 1.24 bits per heavy atom. The second-order valence-electron chi connectivity index (χ2n) is 7.00. The van der Waals surface area contributed by atoms with Crippen molar-refractivity contribution in [3.8, 4) is 11.5 Å². The molecule has 1 aromatic heterocycles. The molecule has 0 bridgehead atoms. The SMILES string of the molecule is O=C(N[C@@H](Cc1cnc[nH]1)C(=O)N/N=C\c1cc2c(cc1Br)OCO2)OCc1ccccc1. The predicted molar refractivity (Wildman–Crippen MR) is 122 cm³/mol. The molecule has 0 spiro atoms. The molecule has 4 rings (SSSR count). The van der Waals surface area contributed by atoms with Gasteiger partial charge in [0.2, 0.25) is 6.79 Å². The van der Waals surface area contributed by atoms with Gasteiger partial charge in [-0.15, -0.1) is 0 Å². The molecule has 1 aliphatic heterocycles. The molecular formula is C22H20BrN5O5. The molecule has 33 heavy (non-hydrogen) atoms. The Morgan fingerprint density at radius 3 is 2.79 bits per heavy atom. The molecule has 0 saturated carbocycles. The topological polar surface area (TPSA) is 127 Å². The lowest BCUT2D eigenvalue weighted by molar-refractivity contribution is -0.123. The highest BCUT2D eigenvalue weighted by Crippen LogP contribution is 2.36. The summed E-state index contributed by atoms with van der Waals surface area (Å²) in [7, 11) is 0. The number of halogens is 1. The number of aromatic nitrogens is 2. The number of H-pyrrole nitrogens is 1. The molecule has 2 aromatic carbocycles. The van der Waals surface area contributed by atoms with E-state index in [9.17, 15) is 9.59 Å². The highest BCUT2D eigenvalue weighted by molar-refractivity contribution is 9.10. The van der Waals surface area contributed by atoms with Crippen LogP contribution in [0.4, 0.5) is 4.79 Å². The summed E-state index contributed by atoms with van der Waals surface area (Å²) < 4.78 is 16.6. The van der Waals surface area contributed by atoms with Crippen LogP contribution in [0.15, 0.2) is 64.6 Å². The number of rotatable bonds is 8. The van der Waals surface area contributed by atoms with Gasteiger partial charge in [0.25, 0.3) is 5.91 Å². The summed E-state index contributed by atoms with van der Waals surface area (Å²) in [6, 6.07) is 11.8. The van der Waals surface area contributed by atoms with Crippen LogP contribution in [0.2, 0.25) is 0 Å². The van der Waals surface area contributed by atoms with Gasteiger partial charge in [0.1, 0.15) is 12.6 Å². The first-order chi connectivity index (χ1) is 16.1. The minimum atomic E-state index is -0.939. The molecule has 2 heterocycles. The Morgan fingerprint density at radius 2 is 2.03 bits per heavy atom. The molecule has 0 unspecified atom stereocenters. The van der Waals surface area contributed by atoms with Gasteiger partial charge in [-0.25, -0.2) is 15.2 Å². The van der Waals surface area contributed by atoms with Crippen molar-refractivity contribution in [1.82, 2.24) is 20.7 Å². The Labute approximate surface area is 197 Å². The number of amides is 2. The van der Waals surface area contributed by atoms with Gasteiger partial charge in [-0.2, -0.15) is 5.10 Å². The Balaban J connectivity index is 1.38. The number of benzene rings is 2. The minimum absolute atomic E-state index is 0.0847. The second kappa shape index (κ2) is 10.6. The molecule has 3 aromatic rings. The third kappa shape index (κ3) is 6.10.